The third-order valence-electron chi connectivity index (χ3n) is 5.19. The number of hydrogen-bond acceptors (Lipinski definition) is 6. The van der Waals surface area contributed by atoms with Gasteiger partial charge in [-0.25, -0.2) is 9.67 Å². The summed E-state index contributed by atoms with van der Waals surface area (Å²) in [5.74, 6) is -0.884. The maximum atomic E-state index is 12.9. The van der Waals surface area contributed by atoms with Gasteiger partial charge in [0.05, 0.1) is 29.6 Å². The van der Waals surface area contributed by atoms with Crippen LogP contribution in [0.1, 0.15) is 23.2 Å². The van der Waals surface area contributed by atoms with Crippen molar-refractivity contribution in [3.8, 4) is 5.69 Å². The molecule has 5 rings (SSSR count). The first kappa shape index (κ1) is 19.4. The number of imide groups is 1. The number of carbonyl (C=O) groups excluding carboxylic acids is 3. The molecule has 10 heteroatoms. The largest absolute Gasteiger partial charge is 0.320 e. The van der Waals surface area contributed by atoms with Crippen molar-refractivity contribution in [1.82, 2.24) is 19.7 Å². The first-order valence-corrected chi connectivity index (χ1v) is 9.81. The fourth-order valence-electron chi connectivity index (χ4n) is 3.62. The molecule has 1 saturated heterocycles. The molecule has 158 valence electrons. The number of aromatic amines is 1. The molecule has 10 nitrogen and oxygen atoms in total. The minimum Gasteiger partial charge on any atom is -0.320 e. The van der Waals surface area contributed by atoms with Crippen LogP contribution in [-0.4, -0.2) is 37.5 Å². The topological polar surface area (TPSA) is 130 Å². The first-order chi connectivity index (χ1) is 15.5. The van der Waals surface area contributed by atoms with Crippen molar-refractivity contribution in [3.05, 3.63) is 77.0 Å². The second-order valence-corrected chi connectivity index (χ2v) is 7.17. The zero-order valence-corrected chi connectivity index (χ0v) is 16.6. The summed E-state index contributed by atoms with van der Waals surface area (Å²) in [7, 11) is 0. The van der Waals surface area contributed by atoms with Gasteiger partial charge in [0.1, 0.15) is 5.39 Å². The molecule has 0 bridgehead atoms. The van der Waals surface area contributed by atoms with Crippen LogP contribution in [0.2, 0.25) is 0 Å². The summed E-state index contributed by atoms with van der Waals surface area (Å²) in [6, 6.07) is 13.2. The SMILES string of the molecule is O=C(Nc1ccccc1-n1ncc2c(=O)[nH]cnc21)c1ccc(N2C(=O)CCC2=O)cc1. The summed E-state index contributed by atoms with van der Waals surface area (Å²) < 4.78 is 1.48. The Morgan fingerprint density at radius 2 is 1.69 bits per heavy atom. The minimum atomic E-state index is -0.384. The molecular weight excluding hydrogens is 412 g/mol. The number of nitrogens with one attached hydrogen (secondary N) is 2. The van der Waals surface area contributed by atoms with E-state index in [1.807, 2.05) is 0 Å². The van der Waals surface area contributed by atoms with E-state index in [9.17, 15) is 19.2 Å². The van der Waals surface area contributed by atoms with Gasteiger partial charge in [-0.1, -0.05) is 12.1 Å². The Balaban J connectivity index is 1.43. The van der Waals surface area contributed by atoms with E-state index in [0.717, 1.165) is 4.90 Å². The number of para-hydroxylation sites is 2. The zero-order valence-electron chi connectivity index (χ0n) is 16.6. The van der Waals surface area contributed by atoms with E-state index in [-0.39, 0.29) is 36.1 Å². The molecule has 2 aromatic carbocycles. The second-order valence-electron chi connectivity index (χ2n) is 7.17. The number of anilines is 2. The molecule has 4 aromatic rings. The highest BCUT2D eigenvalue weighted by Gasteiger charge is 2.30. The van der Waals surface area contributed by atoms with Crippen LogP contribution in [0.25, 0.3) is 16.7 Å². The molecule has 1 aliphatic rings. The van der Waals surface area contributed by atoms with Gasteiger partial charge in [0.15, 0.2) is 5.65 Å². The van der Waals surface area contributed by atoms with Gasteiger partial charge in [-0.2, -0.15) is 5.10 Å². The fourth-order valence-corrected chi connectivity index (χ4v) is 3.62. The Morgan fingerprint density at radius 1 is 0.969 bits per heavy atom. The summed E-state index contributed by atoms with van der Waals surface area (Å²) in [4.78, 5) is 56.5. The van der Waals surface area contributed by atoms with Gasteiger partial charge in [0.2, 0.25) is 11.8 Å². The van der Waals surface area contributed by atoms with Crippen molar-refractivity contribution < 1.29 is 14.4 Å². The van der Waals surface area contributed by atoms with Gasteiger partial charge in [0, 0.05) is 18.4 Å². The van der Waals surface area contributed by atoms with Crippen molar-refractivity contribution in [1.29, 1.82) is 0 Å². The number of nitrogens with zero attached hydrogens (tertiary/aromatic N) is 4. The summed E-state index contributed by atoms with van der Waals surface area (Å²) in [5, 5.41) is 7.42. The Morgan fingerprint density at radius 3 is 2.44 bits per heavy atom. The third-order valence-corrected chi connectivity index (χ3v) is 5.19. The molecule has 1 fully saturated rings. The van der Waals surface area contributed by atoms with Gasteiger partial charge in [0.25, 0.3) is 11.5 Å². The number of amides is 3. The van der Waals surface area contributed by atoms with Crippen LogP contribution in [0.15, 0.2) is 65.8 Å². The Bertz CT molecular complexity index is 1420. The Kier molecular flexibility index (Phi) is 4.59. The van der Waals surface area contributed by atoms with Crippen molar-refractivity contribution in [2.45, 2.75) is 12.8 Å². The lowest BCUT2D eigenvalue weighted by Crippen LogP contribution is -2.28. The monoisotopic (exact) mass is 428 g/mol. The Hall–Kier alpha value is -4.60. The van der Waals surface area contributed by atoms with Crippen molar-refractivity contribution in [2.75, 3.05) is 10.2 Å². The second kappa shape index (κ2) is 7.58. The number of carbonyl (C=O) groups is 3. The number of aromatic nitrogens is 4. The normalized spacial score (nSPS) is 13.7. The zero-order chi connectivity index (χ0) is 22.2. The van der Waals surface area contributed by atoms with Crippen LogP contribution in [0, 0.1) is 0 Å². The van der Waals surface area contributed by atoms with Crippen molar-refractivity contribution in [2.24, 2.45) is 0 Å². The highest BCUT2D eigenvalue weighted by molar-refractivity contribution is 6.20. The van der Waals surface area contributed by atoms with Crippen LogP contribution >= 0.6 is 0 Å². The van der Waals surface area contributed by atoms with E-state index in [4.69, 9.17) is 0 Å². The molecule has 0 atom stereocenters. The van der Waals surface area contributed by atoms with E-state index in [1.165, 1.54) is 17.2 Å². The van der Waals surface area contributed by atoms with Gasteiger partial charge in [-0.3, -0.25) is 24.1 Å². The van der Waals surface area contributed by atoms with E-state index < -0.39 is 0 Å². The van der Waals surface area contributed by atoms with Crippen LogP contribution in [0.3, 0.4) is 0 Å². The van der Waals surface area contributed by atoms with Gasteiger partial charge in [-0.05, 0) is 36.4 Å². The highest BCUT2D eigenvalue weighted by atomic mass is 16.2. The molecule has 0 saturated carbocycles. The standard InChI is InChI=1S/C22H16N6O4/c29-18-9-10-19(30)27(18)14-7-5-13(6-8-14)21(31)26-16-3-1-2-4-17(16)28-20-15(11-25-28)22(32)24-12-23-20/h1-8,11-12H,9-10H2,(H,26,31)(H,23,24,32). The van der Waals surface area contributed by atoms with Gasteiger partial charge < -0.3 is 10.3 Å². The molecule has 32 heavy (non-hydrogen) atoms. The van der Waals surface area contributed by atoms with Crippen LogP contribution in [0.5, 0.6) is 0 Å². The van der Waals surface area contributed by atoms with Gasteiger partial charge in [-0.15, -0.1) is 0 Å². The average molecular weight is 428 g/mol. The van der Waals surface area contributed by atoms with Crippen LogP contribution in [-0.2, 0) is 9.59 Å². The lowest BCUT2D eigenvalue weighted by Gasteiger charge is -2.15. The molecule has 0 spiro atoms. The molecule has 2 aromatic heterocycles. The predicted molar refractivity (Wildman–Crippen MR) is 116 cm³/mol. The summed E-state index contributed by atoms with van der Waals surface area (Å²) in [5.41, 5.74) is 1.85. The van der Waals surface area contributed by atoms with Crippen molar-refractivity contribution >= 4 is 40.1 Å². The van der Waals surface area contributed by atoms with E-state index >= 15 is 0 Å². The molecule has 0 unspecified atom stereocenters. The minimum absolute atomic E-state index is 0.195. The predicted octanol–water partition coefficient (Wildman–Crippen LogP) is 2.01. The molecule has 3 heterocycles. The maximum Gasteiger partial charge on any atom is 0.261 e. The molecule has 1 aliphatic heterocycles. The fraction of sp³-hybridized carbons (Fsp3) is 0.0909. The summed E-state index contributed by atoms with van der Waals surface area (Å²) >= 11 is 0. The summed E-state index contributed by atoms with van der Waals surface area (Å²) in [6.45, 7) is 0. The molecule has 0 aliphatic carbocycles. The number of hydrogen-bond donors (Lipinski definition) is 2. The first-order valence-electron chi connectivity index (χ1n) is 9.81. The van der Waals surface area contributed by atoms with E-state index in [1.54, 1.807) is 48.5 Å². The summed E-state index contributed by atoms with van der Waals surface area (Å²) in [6.07, 6.45) is 3.10. The van der Waals surface area contributed by atoms with Gasteiger partial charge >= 0.3 is 0 Å². The number of H-pyrrole nitrogens is 1. The lowest BCUT2D eigenvalue weighted by atomic mass is 10.1. The van der Waals surface area contributed by atoms with E-state index in [0.29, 0.717) is 33.7 Å². The highest BCUT2D eigenvalue weighted by Crippen LogP contribution is 2.25. The Labute approximate surface area is 180 Å². The molecule has 2 N–H and O–H groups in total. The maximum absolute atomic E-state index is 12.9. The van der Waals surface area contributed by atoms with E-state index in [2.05, 4.69) is 20.4 Å². The lowest BCUT2D eigenvalue weighted by molar-refractivity contribution is -0.121. The number of fused-ring (bicyclic) bond motifs is 1. The number of benzene rings is 2. The van der Waals surface area contributed by atoms with Crippen LogP contribution in [0.4, 0.5) is 11.4 Å². The average Bonchev–Trinajstić information content (AvgIpc) is 3.38. The third kappa shape index (κ3) is 3.23. The number of rotatable bonds is 4. The smallest absolute Gasteiger partial charge is 0.261 e. The molecule has 0 radical (unpaired) electrons. The van der Waals surface area contributed by atoms with Crippen LogP contribution < -0.4 is 15.8 Å². The molecular formula is C22H16N6O4. The van der Waals surface area contributed by atoms with Crippen molar-refractivity contribution in [3.63, 3.8) is 0 Å². The quantitative estimate of drug-likeness (QED) is 0.478. The molecule has 3 amide bonds.